The van der Waals surface area contributed by atoms with E-state index in [1.165, 1.54) is 18.4 Å². The van der Waals surface area contributed by atoms with E-state index in [0.29, 0.717) is 32.8 Å². The zero-order valence-corrected chi connectivity index (χ0v) is 18.0. The maximum Gasteiger partial charge on any atom is 0.341 e. The molecule has 28 heavy (non-hydrogen) atoms. The fourth-order valence-corrected chi connectivity index (χ4v) is 4.92. The molecule has 1 N–H and O–H groups in total. The van der Waals surface area contributed by atoms with Crippen molar-refractivity contribution in [1.82, 2.24) is 0 Å². The van der Waals surface area contributed by atoms with Crippen molar-refractivity contribution in [3.8, 4) is 5.75 Å². The molecule has 1 atom stereocenters. The highest BCUT2D eigenvalue weighted by molar-refractivity contribution is 7.17. The van der Waals surface area contributed by atoms with Gasteiger partial charge in [-0.25, -0.2) is 4.79 Å². The molecule has 0 saturated heterocycles. The molecule has 1 heterocycles. The fraction of sp³-hybridized carbons (Fsp3) is 0.429. The molecule has 1 unspecified atom stereocenters. The Morgan fingerprint density at radius 2 is 2.07 bits per heavy atom. The van der Waals surface area contributed by atoms with E-state index in [-0.39, 0.29) is 12.0 Å². The third-order valence-corrected chi connectivity index (χ3v) is 6.10. The molecule has 5 nitrogen and oxygen atoms in total. The molecule has 2 aromatic rings. The van der Waals surface area contributed by atoms with Crippen molar-refractivity contribution in [3.05, 3.63) is 44.8 Å². The number of thiophene rings is 1. The summed E-state index contributed by atoms with van der Waals surface area (Å²) in [5.41, 5.74) is 1.80. The highest BCUT2D eigenvalue weighted by atomic mass is 35.5. The quantitative estimate of drug-likeness (QED) is 0.660. The minimum atomic E-state index is -0.393. The summed E-state index contributed by atoms with van der Waals surface area (Å²) < 4.78 is 10.7. The Hall–Kier alpha value is -2.05. The molecule has 3 rings (SSSR count). The average Bonchev–Trinajstić information content (AvgIpc) is 2.97. The van der Waals surface area contributed by atoms with Gasteiger partial charge in [0, 0.05) is 9.90 Å². The van der Waals surface area contributed by atoms with Crippen LogP contribution in [0.2, 0.25) is 5.02 Å². The summed E-state index contributed by atoms with van der Waals surface area (Å²) in [6, 6.07) is 4.86. The Balaban J connectivity index is 1.98. The molecule has 150 valence electrons. The fourth-order valence-electron chi connectivity index (χ4n) is 3.36. The van der Waals surface area contributed by atoms with Gasteiger partial charge >= 0.3 is 5.97 Å². The molecule has 1 aromatic carbocycles. The van der Waals surface area contributed by atoms with Crippen molar-refractivity contribution in [2.24, 2.45) is 5.92 Å². The Morgan fingerprint density at radius 3 is 2.75 bits per heavy atom. The van der Waals surface area contributed by atoms with Crippen molar-refractivity contribution in [3.63, 3.8) is 0 Å². The van der Waals surface area contributed by atoms with E-state index in [1.807, 2.05) is 13.8 Å². The number of methoxy groups -OCH3 is 1. The summed E-state index contributed by atoms with van der Waals surface area (Å²) in [6.07, 6.45) is 2.49. The highest BCUT2D eigenvalue weighted by Crippen LogP contribution is 2.40. The third-order valence-electron chi connectivity index (χ3n) is 4.69. The zero-order valence-electron chi connectivity index (χ0n) is 16.4. The average molecular weight is 422 g/mol. The van der Waals surface area contributed by atoms with Crippen LogP contribution in [0.4, 0.5) is 5.00 Å². The number of hydrogen-bond acceptors (Lipinski definition) is 5. The smallest absolute Gasteiger partial charge is 0.341 e. The molecular weight excluding hydrogens is 398 g/mol. The summed E-state index contributed by atoms with van der Waals surface area (Å²) in [5.74, 6) is 0.208. The number of esters is 1. The molecule has 1 aromatic heterocycles. The predicted molar refractivity (Wildman–Crippen MR) is 112 cm³/mol. The summed E-state index contributed by atoms with van der Waals surface area (Å²) in [7, 11) is 1.50. The summed E-state index contributed by atoms with van der Waals surface area (Å²) in [5, 5.41) is 3.85. The SMILES string of the molecule is COc1ccc(Cl)cc1C(=O)Nc1sc2c(c1C(=O)OC(C)C)CCC(C)C2. The normalized spacial score (nSPS) is 15.9. The van der Waals surface area contributed by atoms with Crippen LogP contribution in [0.15, 0.2) is 18.2 Å². The molecule has 7 heteroatoms. The second-order valence-electron chi connectivity index (χ2n) is 7.31. The van der Waals surface area contributed by atoms with Crippen LogP contribution in [-0.2, 0) is 17.6 Å². The van der Waals surface area contributed by atoms with Crippen molar-refractivity contribution < 1.29 is 19.1 Å². The molecule has 1 aliphatic rings. The lowest BCUT2D eigenvalue weighted by Crippen LogP contribution is -2.19. The van der Waals surface area contributed by atoms with E-state index in [0.717, 1.165) is 29.7 Å². The van der Waals surface area contributed by atoms with Crippen LogP contribution in [0, 0.1) is 5.92 Å². The van der Waals surface area contributed by atoms with Crippen LogP contribution in [0.1, 0.15) is 58.3 Å². The largest absolute Gasteiger partial charge is 0.496 e. The number of halogens is 1. The first-order valence-electron chi connectivity index (χ1n) is 9.30. The number of benzene rings is 1. The molecule has 0 aliphatic heterocycles. The van der Waals surface area contributed by atoms with Crippen molar-refractivity contribution >= 4 is 39.8 Å². The van der Waals surface area contributed by atoms with E-state index >= 15 is 0 Å². The first-order chi connectivity index (χ1) is 13.3. The Morgan fingerprint density at radius 1 is 1.32 bits per heavy atom. The minimum absolute atomic E-state index is 0.234. The molecule has 0 bridgehead atoms. The van der Waals surface area contributed by atoms with Gasteiger partial charge in [-0.3, -0.25) is 4.79 Å². The number of carbonyl (C=O) groups excluding carboxylic acids is 2. The number of amides is 1. The van der Waals surface area contributed by atoms with Crippen LogP contribution < -0.4 is 10.1 Å². The van der Waals surface area contributed by atoms with E-state index in [1.54, 1.807) is 18.2 Å². The van der Waals surface area contributed by atoms with Crippen LogP contribution in [0.3, 0.4) is 0 Å². The topological polar surface area (TPSA) is 64.6 Å². The van der Waals surface area contributed by atoms with Crippen molar-refractivity contribution in [2.45, 2.75) is 46.1 Å². The van der Waals surface area contributed by atoms with Gasteiger partial charge in [0.1, 0.15) is 10.8 Å². The van der Waals surface area contributed by atoms with Gasteiger partial charge in [-0.2, -0.15) is 0 Å². The van der Waals surface area contributed by atoms with Gasteiger partial charge in [0.25, 0.3) is 5.91 Å². The summed E-state index contributed by atoms with van der Waals surface area (Å²) in [6.45, 7) is 5.83. The number of carbonyl (C=O) groups is 2. The third kappa shape index (κ3) is 4.33. The second-order valence-corrected chi connectivity index (χ2v) is 8.85. The predicted octanol–water partition coefficient (Wildman–Crippen LogP) is 5.35. The van der Waals surface area contributed by atoms with Gasteiger partial charge in [-0.1, -0.05) is 18.5 Å². The number of ether oxygens (including phenoxy) is 2. The van der Waals surface area contributed by atoms with E-state index in [4.69, 9.17) is 21.1 Å². The molecule has 1 amide bonds. The zero-order chi connectivity index (χ0) is 20.4. The van der Waals surface area contributed by atoms with Crippen LogP contribution in [-0.4, -0.2) is 25.1 Å². The van der Waals surface area contributed by atoms with E-state index in [9.17, 15) is 9.59 Å². The highest BCUT2D eigenvalue weighted by Gasteiger charge is 2.30. The molecule has 0 radical (unpaired) electrons. The van der Waals surface area contributed by atoms with E-state index < -0.39 is 5.97 Å². The van der Waals surface area contributed by atoms with Gasteiger partial charge in [0.15, 0.2) is 0 Å². The maximum atomic E-state index is 12.9. The van der Waals surface area contributed by atoms with E-state index in [2.05, 4.69) is 12.2 Å². The number of anilines is 1. The lowest BCUT2D eigenvalue weighted by atomic mass is 9.88. The van der Waals surface area contributed by atoms with Gasteiger partial charge < -0.3 is 14.8 Å². The Bertz CT molecular complexity index is 906. The molecule has 0 fully saturated rings. The van der Waals surface area contributed by atoms with Gasteiger partial charge in [-0.05, 0) is 62.8 Å². The standard InChI is InChI=1S/C21H24ClNO4S/c1-11(2)27-21(25)18-14-7-5-12(3)9-17(14)28-20(18)23-19(24)15-10-13(22)6-8-16(15)26-4/h6,8,10-12H,5,7,9H2,1-4H3,(H,23,24). The number of fused-ring (bicyclic) bond motifs is 1. The van der Waals surface area contributed by atoms with Crippen LogP contribution in [0.5, 0.6) is 5.75 Å². The Kier molecular flexibility index (Phi) is 6.30. The number of rotatable bonds is 5. The Labute approximate surface area is 174 Å². The van der Waals surface area contributed by atoms with Crippen LogP contribution >= 0.6 is 22.9 Å². The first-order valence-corrected chi connectivity index (χ1v) is 10.5. The maximum absolute atomic E-state index is 12.9. The lowest BCUT2D eigenvalue weighted by Gasteiger charge is -2.19. The van der Waals surface area contributed by atoms with Crippen LogP contribution in [0.25, 0.3) is 0 Å². The van der Waals surface area contributed by atoms with Gasteiger partial charge in [0.2, 0.25) is 0 Å². The summed E-state index contributed by atoms with van der Waals surface area (Å²) >= 11 is 7.51. The number of hydrogen-bond donors (Lipinski definition) is 1. The van der Waals surface area contributed by atoms with Gasteiger partial charge in [0.05, 0.1) is 24.3 Å². The number of nitrogens with one attached hydrogen (secondary N) is 1. The summed E-state index contributed by atoms with van der Waals surface area (Å²) in [4.78, 5) is 26.8. The van der Waals surface area contributed by atoms with Crippen molar-refractivity contribution in [1.29, 1.82) is 0 Å². The monoisotopic (exact) mass is 421 g/mol. The minimum Gasteiger partial charge on any atom is -0.496 e. The molecule has 0 saturated carbocycles. The lowest BCUT2D eigenvalue weighted by molar-refractivity contribution is 0.0378. The molecule has 0 spiro atoms. The first kappa shape index (κ1) is 20.7. The van der Waals surface area contributed by atoms with Crippen molar-refractivity contribution in [2.75, 3.05) is 12.4 Å². The van der Waals surface area contributed by atoms with Gasteiger partial charge in [-0.15, -0.1) is 11.3 Å². The molecular formula is C21H24ClNO4S. The molecule has 1 aliphatic carbocycles. The second kappa shape index (κ2) is 8.53.